The zero-order chi connectivity index (χ0) is 25.5. The van der Waals surface area contributed by atoms with Gasteiger partial charge in [-0.15, -0.1) is 0 Å². The van der Waals surface area contributed by atoms with E-state index in [0.29, 0.717) is 32.4 Å². The van der Waals surface area contributed by atoms with Crippen LogP contribution in [0.15, 0.2) is 36.4 Å². The summed E-state index contributed by atoms with van der Waals surface area (Å²) >= 11 is 0. The number of carbonyl (C=O) groups is 2. The van der Waals surface area contributed by atoms with Crippen LogP contribution in [-0.2, 0) is 16.1 Å². The molecule has 0 aliphatic carbocycles. The molecule has 0 saturated carbocycles. The molecule has 34 heavy (non-hydrogen) atoms. The van der Waals surface area contributed by atoms with E-state index >= 15 is 0 Å². The summed E-state index contributed by atoms with van der Waals surface area (Å²) in [4.78, 5) is 29.6. The SMILES string of the molecule is COc1ccc(CN(CC=CC[Si](C)(C)C)C(=O)[C@@H]2CCCC(O)N2C(=O)OC(C)(C)C)cc1. The number of piperidine rings is 1. The summed E-state index contributed by atoms with van der Waals surface area (Å²) in [5.74, 6) is 0.571. The molecule has 1 unspecified atom stereocenters. The number of methoxy groups -OCH3 is 1. The molecule has 0 bridgehead atoms. The van der Waals surface area contributed by atoms with Gasteiger partial charge < -0.3 is 19.5 Å². The Balaban J connectivity index is 2.27. The Morgan fingerprint density at radius 3 is 2.35 bits per heavy atom. The van der Waals surface area contributed by atoms with Gasteiger partial charge in [-0.25, -0.2) is 4.79 Å². The third kappa shape index (κ3) is 8.80. The molecule has 190 valence electrons. The van der Waals surface area contributed by atoms with Gasteiger partial charge in [0, 0.05) is 21.2 Å². The van der Waals surface area contributed by atoms with Crippen LogP contribution in [0.4, 0.5) is 4.79 Å². The normalized spacial score (nSPS) is 19.2. The first kappa shape index (κ1) is 27.9. The van der Waals surface area contributed by atoms with Gasteiger partial charge in [0.2, 0.25) is 5.91 Å². The van der Waals surface area contributed by atoms with Crippen molar-refractivity contribution in [3.63, 3.8) is 0 Å². The number of likely N-dealkylation sites (tertiary alicyclic amines) is 1. The van der Waals surface area contributed by atoms with E-state index in [-0.39, 0.29) is 5.91 Å². The zero-order valence-electron chi connectivity index (χ0n) is 21.8. The van der Waals surface area contributed by atoms with E-state index in [1.807, 2.05) is 30.3 Å². The first-order valence-corrected chi connectivity index (χ1v) is 15.8. The second-order valence-corrected chi connectivity index (χ2v) is 16.6. The summed E-state index contributed by atoms with van der Waals surface area (Å²) in [5.41, 5.74) is 0.248. The van der Waals surface area contributed by atoms with Crippen molar-refractivity contribution in [2.45, 2.75) is 90.1 Å². The second-order valence-electron chi connectivity index (χ2n) is 11.1. The molecule has 8 heteroatoms. The van der Waals surface area contributed by atoms with E-state index in [2.05, 4.69) is 25.7 Å². The van der Waals surface area contributed by atoms with E-state index in [1.165, 1.54) is 4.90 Å². The number of hydrogen-bond donors (Lipinski definition) is 1. The number of allylic oxidation sites excluding steroid dienone is 1. The molecule has 0 radical (unpaired) electrons. The molecule has 1 saturated heterocycles. The first-order valence-electron chi connectivity index (χ1n) is 12.1. The highest BCUT2D eigenvalue weighted by Crippen LogP contribution is 2.26. The van der Waals surface area contributed by atoms with Crippen molar-refractivity contribution in [2.24, 2.45) is 0 Å². The van der Waals surface area contributed by atoms with Crippen molar-refractivity contribution >= 4 is 20.1 Å². The molecular weight excluding hydrogens is 448 g/mol. The fraction of sp³-hybridized carbons (Fsp3) is 0.615. The van der Waals surface area contributed by atoms with E-state index in [4.69, 9.17) is 9.47 Å². The molecule has 1 aliphatic heterocycles. The van der Waals surface area contributed by atoms with Crippen LogP contribution in [0.1, 0.15) is 45.6 Å². The Labute approximate surface area is 205 Å². The Kier molecular flexibility index (Phi) is 9.76. The van der Waals surface area contributed by atoms with Crippen molar-refractivity contribution in [3.05, 3.63) is 42.0 Å². The molecule has 2 atom stereocenters. The highest BCUT2D eigenvalue weighted by molar-refractivity contribution is 6.76. The summed E-state index contributed by atoms with van der Waals surface area (Å²) in [7, 11) is 0.381. The van der Waals surface area contributed by atoms with Gasteiger partial charge in [-0.05, 0) is 63.8 Å². The van der Waals surface area contributed by atoms with Crippen LogP contribution < -0.4 is 4.74 Å². The monoisotopic (exact) mass is 490 g/mol. The first-order chi connectivity index (χ1) is 15.8. The number of rotatable bonds is 8. The molecule has 7 nitrogen and oxygen atoms in total. The van der Waals surface area contributed by atoms with Crippen molar-refractivity contribution in [1.82, 2.24) is 9.80 Å². The summed E-state index contributed by atoms with van der Waals surface area (Å²) in [6.07, 6.45) is 4.08. The zero-order valence-corrected chi connectivity index (χ0v) is 22.8. The number of amides is 2. The smallest absolute Gasteiger partial charge is 0.413 e. The average molecular weight is 491 g/mol. The van der Waals surface area contributed by atoms with Crippen molar-refractivity contribution in [3.8, 4) is 5.75 Å². The lowest BCUT2D eigenvalue weighted by Crippen LogP contribution is -2.57. The van der Waals surface area contributed by atoms with Crippen LogP contribution in [0.25, 0.3) is 0 Å². The molecule has 1 aromatic rings. The molecule has 1 aliphatic rings. The lowest BCUT2D eigenvalue weighted by Gasteiger charge is -2.41. The van der Waals surface area contributed by atoms with Gasteiger partial charge in [0.15, 0.2) is 0 Å². The maximum Gasteiger partial charge on any atom is 0.413 e. The summed E-state index contributed by atoms with van der Waals surface area (Å²) in [6, 6.07) is 7.89. The number of benzene rings is 1. The molecule has 2 amide bonds. The van der Waals surface area contributed by atoms with Crippen LogP contribution in [0.2, 0.25) is 25.7 Å². The van der Waals surface area contributed by atoms with Crippen molar-refractivity contribution in [2.75, 3.05) is 13.7 Å². The summed E-state index contributed by atoms with van der Waals surface area (Å²) < 4.78 is 10.8. The van der Waals surface area contributed by atoms with E-state index < -0.39 is 32.0 Å². The third-order valence-corrected chi connectivity index (χ3v) is 7.01. The minimum Gasteiger partial charge on any atom is -0.497 e. The molecule has 1 fully saturated rings. The number of ether oxygens (including phenoxy) is 2. The van der Waals surface area contributed by atoms with Gasteiger partial charge >= 0.3 is 6.09 Å². The van der Waals surface area contributed by atoms with Crippen molar-refractivity contribution < 1.29 is 24.2 Å². The predicted molar refractivity (Wildman–Crippen MR) is 137 cm³/mol. The molecular formula is C26H42N2O5Si. The fourth-order valence-corrected chi connectivity index (χ4v) is 4.69. The molecule has 1 aromatic carbocycles. The quantitative estimate of drug-likeness (QED) is 0.409. The van der Waals surface area contributed by atoms with Crippen LogP contribution in [0, 0.1) is 0 Å². The number of carbonyl (C=O) groups excluding carboxylic acids is 2. The lowest BCUT2D eigenvalue weighted by atomic mass is 9.99. The van der Waals surface area contributed by atoms with Crippen LogP contribution in [0.5, 0.6) is 5.75 Å². The standard InChI is InChI=1S/C26H42N2O5Si/c1-26(2,3)33-25(31)28-22(11-10-12-23(28)29)24(30)27(17-8-9-18-34(5,6)7)19-20-13-15-21(32-4)16-14-20/h8-9,13-16,22-23,29H,10-12,17-19H2,1-7H3/t22-,23?/m0/s1. The highest BCUT2D eigenvalue weighted by atomic mass is 28.3. The Morgan fingerprint density at radius 1 is 1.15 bits per heavy atom. The van der Waals surface area contributed by atoms with Gasteiger partial charge in [-0.2, -0.15) is 0 Å². The van der Waals surface area contributed by atoms with Gasteiger partial charge in [0.05, 0.1) is 7.11 Å². The molecule has 0 spiro atoms. The minimum absolute atomic E-state index is 0.182. The Hall–Kier alpha value is -2.32. The average Bonchev–Trinajstić information content (AvgIpc) is 2.73. The van der Waals surface area contributed by atoms with E-state index in [0.717, 1.165) is 17.4 Å². The minimum atomic E-state index is -1.24. The van der Waals surface area contributed by atoms with Crippen molar-refractivity contribution in [1.29, 1.82) is 0 Å². The van der Waals surface area contributed by atoms with E-state index in [1.54, 1.807) is 32.8 Å². The molecule has 1 N–H and O–H groups in total. The van der Waals surface area contributed by atoms with Crippen LogP contribution in [0.3, 0.4) is 0 Å². The van der Waals surface area contributed by atoms with Gasteiger partial charge in [0.1, 0.15) is 23.6 Å². The maximum atomic E-state index is 13.8. The molecule has 2 rings (SSSR count). The van der Waals surface area contributed by atoms with E-state index in [9.17, 15) is 14.7 Å². The lowest BCUT2D eigenvalue weighted by molar-refractivity contribution is -0.145. The maximum absolute atomic E-state index is 13.8. The number of aliphatic hydroxyl groups excluding tert-OH is 1. The number of hydrogen-bond acceptors (Lipinski definition) is 5. The number of aliphatic hydroxyl groups is 1. The van der Waals surface area contributed by atoms with Gasteiger partial charge in [0.25, 0.3) is 0 Å². The topological polar surface area (TPSA) is 79.3 Å². The number of nitrogens with zero attached hydrogens (tertiary/aromatic N) is 2. The van der Waals surface area contributed by atoms with Crippen LogP contribution in [-0.4, -0.2) is 66.5 Å². The third-order valence-electron chi connectivity index (χ3n) is 5.55. The highest BCUT2D eigenvalue weighted by Gasteiger charge is 2.41. The fourth-order valence-electron chi connectivity index (χ4n) is 3.82. The molecule has 1 heterocycles. The van der Waals surface area contributed by atoms with Crippen LogP contribution >= 0.6 is 0 Å². The largest absolute Gasteiger partial charge is 0.497 e. The van der Waals surface area contributed by atoms with Gasteiger partial charge in [-0.1, -0.05) is 43.9 Å². The summed E-state index contributed by atoms with van der Waals surface area (Å²) in [6.45, 7) is 13.1. The van der Waals surface area contributed by atoms with Gasteiger partial charge in [-0.3, -0.25) is 9.69 Å². The Morgan fingerprint density at radius 2 is 1.79 bits per heavy atom. The second kappa shape index (κ2) is 11.9. The Bertz CT molecular complexity index is 842. The predicted octanol–water partition coefficient (Wildman–Crippen LogP) is 5.03. The summed E-state index contributed by atoms with van der Waals surface area (Å²) in [5, 5.41) is 10.6. The molecule has 0 aromatic heterocycles.